The van der Waals surface area contributed by atoms with Crippen molar-refractivity contribution in [1.82, 2.24) is 15.2 Å². The minimum absolute atomic E-state index is 0.125. The van der Waals surface area contributed by atoms with Gasteiger partial charge in [0.05, 0.1) is 13.2 Å². The number of carbonyl (C=O) groups excluding carboxylic acids is 3. The number of Topliss-reactive ketones (excluding diaryl/α,β-unsaturated/α-hetero) is 1. The topological polar surface area (TPSA) is 115 Å². The first-order chi connectivity index (χ1) is 16.8. The third-order valence-electron chi connectivity index (χ3n) is 7.82. The number of fused-ring (bicyclic) bond motifs is 1. The lowest BCUT2D eigenvalue weighted by atomic mass is 9.96. The van der Waals surface area contributed by atoms with Gasteiger partial charge in [0, 0.05) is 35.7 Å². The van der Waals surface area contributed by atoms with Crippen molar-refractivity contribution >= 4 is 28.5 Å². The molecule has 9 heteroatoms. The van der Waals surface area contributed by atoms with Crippen molar-refractivity contribution in [2.45, 2.75) is 62.7 Å². The van der Waals surface area contributed by atoms with E-state index in [-0.39, 0.29) is 31.1 Å². The fourth-order valence-electron chi connectivity index (χ4n) is 5.62. The first kappa shape index (κ1) is 23.3. The smallest absolute Gasteiger partial charge is 0.270 e. The van der Waals surface area contributed by atoms with Crippen LogP contribution in [0.1, 0.15) is 55.4 Å². The van der Waals surface area contributed by atoms with Gasteiger partial charge in [-0.3, -0.25) is 14.4 Å². The molecule has 2 heterocycles. The number of nitrogens with one attached hydrogen (secondary N) is 2. The zero-order valence-electron chi connectivity index (χ0n) is 19.7. The number of nitriles is 1. The summed E-state index contributed by atoms with van der Waals surface area (Å²) in [5.41, 5.74) is -0.332. The van der Waals surface area contributed by atoms with E-state index in [9.17, 15) is 19.6 Å². The van der Waals surface area contributed by atoms with E-state index in [1.54, 1.807) is 19.2 Å². The van der Waals surface area contributed by atoms with Crippen molar-refractivity contribution in [1.29, 1.82) is 5.26 Å². The second-order valence-corrected chi connectivity index (χ2v) is 10.0. The number of amides is 2. The van der Waals surface area contributed by atoms with Crippen LogP contribution in [-0.2, 0) is 9.59 Å². The lowest BCUT2D eigenvalue weighted by Gasteiger charge is -2.25. The van der Waals surface area contributed by atoms with Crippen molar-refractivity contribution in [3.05, 3.63) is 30.0 Å². The number of alkyl halides is 1. The Kier molecular flexibility index (Phi) is 5.99. The largest absolute Gasteiger partial charge is 0.496 e. The fourth-order valence-corrected chi connectivity index (χ4v) is 5.62. The monoisotopic (exact) mass is 480 g/mol. The minimum Gasteiger partial charge on any atom is -0.496 e. The minimum atomic E-state index is -1.35. The summed E-state index contributed by atoms with van der Waals surface area (Å²) in [5, 5.41) is 13.1. The molecule has 5 rings (SSSR count). The van der Waals surface area contributed by atoms with Crippen LogP contribution in [0.2, 0.25) is 0 Å². The van der Waals surface area contributed by atoms with Gasteiger partial charge in [0.15, 0.2) is 0 Å². The zero-order chi connectivity index (χ0) is 24.7. The predicted molar refractivity (Wildman–Crippen MR) is 125 cm³/mol. The Balaban J connectivity index is 1.37. The van der Waals surface area contributed by atoms with Crippen molar-refractivity contribution in [3.63, 3.8) is 0 Å². The Morgan fingerprint density at radius 1 is 1.40 bits per heavy atom. The molecule has 184 valence electrons. The standard InChI is InChI=1S/C26H29FN4O4/c1-35-23-7-3-5-19-18(23)12-20(30-19)25(34)31-14-16(26(27)8-9-26)11-21(31)24(33)29-17(13-28)10-15-4-2-6-22(15)32/h3,5,7,12,15-17,21,30H,2,4,6,8-11,14H2,1H3,(H,29,33)/t15?,16-,17?,21?/m1/s1. The summed E-state index contributed by atoms with van der Waals surface area (Å²) < 4.78 is 20.4. The van der Waals surface area contributed by atoms with Crippen LogP contribution >= 0.6 is 0 Å². The van der Waals surface area contributed by atoms with Gasteiger partial charge in [0.2, 0.25) is 5.91 Å². The number of H-pyrrole nitrogens is 1. The predicted octanol–water partition coefficient (Wildman–Crippen LogP) is 3.28. The van der Waals surface area contributed by atoms with Gasteiger partial charge < -0.3 is 19.9 Å². The van der Waals surface area contributed by atoms with Gasteiger partial charge in [0.1, 0.15) is 35.0 Å². The molecule has 0 spiro atoms. The number of hydrogen-bond donors (Lipinski definition) is 2. The molecule has 1 aliphatic heterocycles. The highest BCUT2D eigenvalue weighted by Crippen LogP contribution is 2.51. The summed E-state index contributed by atoms with van der Waals surface area (Å²) in [6.07, 6.45) is 3.37. The molecule has 2 N–H and O–H groups in total. The van der Waals surface area contributed by atoms with Crippen molar-refractivity contribution in [2.75, 3.05) is 13.7 Å². The zero-order valence-corrected chi connectivity index (χ0v) is 19.7. The van der Waals surface area contributed by atoms with Crippen LogP contribution in [0.15, 0.2) is 24.3 Å². The summed E-state index contributed by atoms with van der Waals surface area (Å²) in [7, 11) is 1.55. The first-order valence-corrected chi connectivity index (χ1v) is 12.2. The number of aromatic amines is 1. The van der Waals surface area contributed by atoms with E-state index >= 15 is 4.39 Å². The molecular formula is C26H29FN4O4. The van der Waals surface area contributed by atoms with E-state index in [0.717, 1.165) is 23.7 Å². The Morgan fingerprint density at radius 2 is 2.20 bits per heavy atom. The Labute approximate surface area is 202 Å². The molecule has 2 amide bonds. The molecule has 0 bridgehead atoms. The van der Waals surface area contributed by atoms with E-state index in [1.807, 2.05) is 12.1 Å². The molecule has 4 atom stereocenters. The van der Waals surface area contributed by atoms with Gasteiger partial charge in [0.25, 0.3) is 5.91 Å². The number of likely N-dealkylation sites (tertiary alicyclic amines) is 1. The maximum atomic E-state index is 15.0. The molecule has 2 aromatic rings. The van der Waals surface area contributed by atoms with Gasteiger partial charge in [-0.15, -0.1) is 0 Å². The molecule has 2 aliphatic carbocycles. The van der Waals surface area contributed by atoms with Crippen LogP contribution < -0.4 is 10.1 Å². The van der Waals surface area contributed by atoms with Crippen LogP contribution in [0.5, 0.6) is 5.75 Å². The summed E-state index contributed by atoms with van der Waals surface area (Å²) >= 11 is 0. The number of carbonyl (C=O) groups is 3. The molecule has 0 radical (unpaired) electrons. The molecule has 3 aliphatic rings. The average Bonchev–Trinajstić information content (AvgIpc) is 3.23. The van der Waals surface area contributed by atoms with Gasteiger partial charge in [-0.1, -0.05) is 6.07 Å². The normalized spacial score (nSPS) is 25.9. The Bertz CT molecular complexity index is 1210. The number of nitrogens with zero attached hydrogens (tertiary/aromatic N) is 2. The number of rotatable bonds is 7. The molecule has 8 nitrogen and oxygen atoms in total. The molecular weight excluding hydrogens is 451 g/mol. The highest BCUT2D eigenvalue weighted by Gasteiger charge is 2.56. The van der Waals surface area contributed by atoms with Crippen molar-refractivity contribution < 1.29 is 23.5 Å². The molecule has 3 unspecified atom stereocenters. The lowest BCUT2D eigenvalue weighted by Crippen LogP contribution is -2.49. The second kappa shape index (κ2) is 8.99. The number of ether oxygens (including phenoxy) is 1. The van der Waals surface area contributed by atoms with Crippen LogP contribution in [0.3, 0.4) is 0 Å². The van der Waals surface area contributed by atoms with E-state index in [2.05, 4.69) is 16.4 Å². The number of halogens is 1. The number of methoxy groups -OCH3 is 1. The summed E-state index contributed by atoms with van der Waals surface area (Å²) in [4.78, 5) is 43.4. The van der Waals surface area contributed by atoms with Crippen LogP contribution in [-0.4, -0.2) is 58.9 Å². The Morgan fingerprint density at radius 3 is 2.86 bits per heavy atom. The third-order valence-corrected chi connectivity index (χ3v) is 7.82. The maximum Gasteiger partial charge on any atom is 0.270 e. The number of aromatic nitrogens is 1. The van der Waals surface area contributed by atoms with Gasteiger partial charge in [-0.25, -0.2) is 4.39 Å². The average molecular weight is 481 g/mol. The van der Waals surface area contributed by atoms with Crippen LogP contribution in [0, 0.1) is 23.2 Å². The summed E-state index contributed by atoms with van der Waals surface area (Å²) in [6, 6.07) is 7.49. The van der Waals surface area contributed by atoms with Gasteiger partial charge >= 0.3 is 0 Å². The first-order valence-electron chi connectivity index (χ1n) is 12.2. The van der Waals surface area contributed by atoms with Gasteiger partial charge in [-0.05, 0) is 56.7 Å². The lowest BCUT2D eigenvalue weighted by molar-refractivity contribution is -0.126. The number of hydrogen-bond acceptors (Lipinski definition) is 5. The molecule has 1 saturated heterocycles. The fraction of sp³-hybridized carbons (Fsp3) is 0.538. The number of ketones is 1. The third kappa shape index (κ3) is 4.38. The summed E-state index contributed by atoms with van der Waals surface area (Å²) in [6.45, 7) is 0.137. The van der Waals surface area contributed by atoms with E-state index in [4.69, 9.17) is 4.74 Å². The molecule has 35 heavy (non-hydrogen) atoms. The van der Waals surface area contributed by atoms with Crippen LogP contribution in [0.25, 0.3) is 10.9 Å². The molecule has 3 fully saturated rings. The molecule has 1 aromatic heterocycles. The quantitative estimate of drug-likeness (QED) is 0.631. The Hall–Kier alpha value is -3.41. The van der Waals surface area contributed by atoms with E-state index < -0.39 is 35.5 Å². The van der Waals surface area contributed by atoms with E-state index in [1.165, 1.54) is 4.90 Å². The molecule has 2 saturated carbocycles. The van der Waals surface area contributed by atoms with E-state index in [0.29, 0.717) is 30.7 Å². The highest BCUT2D eigenvalue weighted by molar-refractivity contribution is 6.01. The van der Waals surface area contributed by atoms with Gasteiger partial charge in [-0.2, -0.15) is 5.26 Å². The highest BCUT2D eigenvalue weighted by atomic mass is 19.1. The molecule has 1 aromatic carbocycles. The maximum absolute atomic E-state index is 15.0. The summed E-state index contributed by atoms with van der Waals surface area (Å²) in [5.74, 6) is -0.788. The number of benzene rings is 1. The van der Waals surface area contributed by atoms with Crippen LogP contribution in [0.4, 0.5) is 4.39 Å². The second-order valence-electron chi connectivity index (χ2n) is 10.0. The van der Waals surface area contributed by atoms with Crippen molar-refractivity contribution in [2.24, 2.45) is 11.8 Å². The SMILES string of the molecule is COc1cccc2[nH]c(C(=O)N3C[C@H](C4(F)CC4)CC3C(=O)NC(C#N)CC3CCCC3=O)cc12. The van der Waals surface area contributed by atoms with Crippen molar-refractivity contribution in [3.8, 4) is 11.8 Å².